The second-order valence-electron chi connectivity index (χ2n) is 5.71. The van der Waals surface area contributed by atoms with Gasteiger partial charge in [-0.2, -0.15) is 0 Å². The van der Waals surface area contributed by atoms with Crippen molar-refractivity contribution in [3.8, 4) is 0 Å². The molecule has 1 fully saturated rings. The summed E-state index contributed by atoms with van der Waals surface area (Å²) in [7, 11) is 4.16. The Labute approximate surface area is 115 Å². The number of nitrogens with two attached hydrogens (primary N) is 1. The number of anilines is 1. The second-order valence-corrected chi connectivity index (χ2v) is 5.71. The van der Waals surface area contributed by atoms with Gasteiger partial charge in [0.25, 0.3) is 0 Å². The highest BCUT2D eigenvalue weighted by Crippen LogP contribution is 2.33. The summed E-state index contributed by atoms with van der Waals surface area (Å²) in [4.78, 5) is 4.51. The first-order valence-electron chi connectivity index (χ1n) is 6.96. The molecule has 0 saturated carbocycles. The Morgan fingerprint density at radius 2 is 2.21 bits per heavy atom. The van der Waals surface area contributed by atoms with Crippen LogP contribution in [0.25, 0.3) is 0 Å². The predicted molar refractivity (Wildman–Crippen MR) is 77.9 cm³/mol. The van der Waals surface area contributed by atoms with Gasteiger partial charge in [0.2, 0.25) is 0 Å². The first-order valence-corrected chi connectivity index (χ1v) is 6.96. The molecule has 1 heterocycles. The van der Waals surface area contributed by atoms with Crippen molar-refractivity contribution in [3.05, 3.63) is 29.6 Å². The van der Waals surface area contributed by atoms with E-state index in [-0.39, 0.29) is 11.9 Å². The van der Waals surface area contributed by atoms with Gasteiger partial charge in [-0.3, -0.25) is 0 Å². The lowest BCUT2D eigenvalue weighted by Crippen LogP contribution is -2.38. The largest absolute Gasteiger partial charge is 0.367 e. The number of halogens is 1. The molecule has 4 heteroatoms. The lowest BCUT2D eigenvalue weighted by Gasteiger charge is -2.31. The van der Waals surface area contributed by atoms with E-state index in [1.807, 2.05) is 13.0 Å². The maximum atomic E-state index is 14.0. The van der Waals surface area contributed by atoms with Gasteiger partial charge in [-0.05, 0) is 46.0 Å². The van der Waals surface area contributed by atoms with Crippen molar-refractivity contribution < 1.29 is 4.39 Å². The van der Waals surface area contributed by atoms with Crippen LogP contribution < -0.4 is 10.6 Å². The normalized spacial score (nSPS) is 21.2. The Balaban J connectivity index is 2.32. The van der Waals surface area contributed by atoms with E-state index in [9.17, 15) is 4.39 Å². The predicted octanol–water partition coefficient (Wildman–Crippen LogP) is 2.38. The van der Waals surface area contributed by atoms with E-state index in [0.29, 0.717) is 11.6 Å². The molecular weight excluding hydrogens is 241 g/mol. The Bertz CT molecular complexity index is 431. The fourth-order valence-corrected chi connectivity index (χ4v) is 2.99. The maximum absolute atomic E-state index is 14.0. The van der Waals surface area contributed by atoms with Gasteiger partial charge in [0.15, 0.2) is 0 Å². The first kappa shape index (κ1) is 14.3. The number of nitrogens with zero attached hydrogens (tertiary/aromatic N) is 2. The third-order valence-electron chi connectivity index (χ3n) is 3.75. The van der Waals surface area contributed by atoms with Gasteiger partial charge in [-0.25, -0.2) is 4.39 Å². The van der Waals surface area contributed by atoms with Crippen molar-refractivity contribution in [2.75, 3.05) is 32.1 Å². The molecule has 19 heavy (non-hydrogen) atoms. The topological polar surface area (TPSA) is 32.5 Å². The highest BCUT2D eigenvalue weighted by atomic mass is 19.1. The molecule has 2 atom stereocenters. The molecule has 0 bridgehead atoms. The summed E-state index contributed by atoms with van der Waals surface area (Å²) in [6.45, 7) is 3.83. The minimum atomic E-state index is -0.281. The van der Waals surface area contributed by atoms with E-state index in [1.54, 1.807) is 6.07 Å². The van der Waals surface area contributed by atoms with Gasteiger partial charge in [0.1, 0.15) is 5.82 Å². The van der Waals surface area contributed by atoms with E-state index < -0.39 is 0 Å². The lowest BCUT2D eigenvalue weighted by molar-refractivity contribution is 0.371. The van der Waals surface area contributed by atoms with Crippen LogP contribution >= 0.6 is 0 Å². The molecule has 1 aromatic carbocycles. The zero-order chi connectivity index (χ0) is 14.0. The van der Waals surface area contributed by atoms with Crippen LogP contribution in [0.5, 0.6) is 0 Å². The first-order chi connectivity index (χ1) is 9.00. The van der Waals surface area contributed by atoms with Crippen molar-refractivity contribution in [1.29, 1.82) is 0 Å². The second kappa shape index (κ2) is 5.88. The van der Waals surface area contributed by atoms with Crippen molar-refractivity contribution in [1.82, 2.24) is 4.90 Å². The molecule has 1 saturated heterocycles. The third kappa shape index (κ3) is 3.07. The minimum absolute atomic E-state index is 0.192. The fraction of sp³-hybridized carbons (Fsp3) is 0.600. The summed E-state index contributed by atoms with van der Waals surface area (Å²) in [5, 5.41) is 0. The molecule has 1 aliphatic rings. The molecule has 106 valence electrons. The summed E-state index contributed by atoms with van der Waals surface area (Å²) in [5.41, 5.74) is 7.57. The van der Waals surface area contributed by atoms with Crippen LogP contribution in [-0.2, 0) is 0 Å². The SMILES string of the molecule is CC(N)c1c(F)cccc1N1CCCC1CN(C)C. The number of benzene rings is 1. The number of likely N-dealkylation sites (N-methyl/N-ethyl adjacent to an activating group) is 1. The van der Waals surface area contributed by atoms with E-state index in [4.69, 9.17) is 5.73 Å². The van der Waals surface area contributed by atoms with Crippen LogP contribution in [0, 0.1) is 5.82 Å². The monoisotopic (exact) mass is 265 g/mol. The van der Waals surface area contributed by atoms with Crippen LogP contribution in [0.1, 0.15) is 31.4 Å². The van der Waals surface area contributed by atoms with Crippen molar-refractivity contribution >= 4 is 5.69 Å². The molecule has 2 unspecified atom stereocenters. The molecule has 0 spiro atoms. The van der Waals surface area contributed by atoms with Crippen LogP contribution in [0.4, 0.5) is 10.1 Å². The van der Waals surface area contributed by atoms with Crippen LogP contribution in [0.2, 0.25) is 0 Å². The summed E-state index contributed by atoms with van der Waals surface area (Å²) in [6.07, 6.45) is 2.32. The number of hydrogen-bond donors (Lipinski definition) is 1. The molecule has 1 aliphatic heterocycles. The summed E-state index contributed by atoms with van der Waals surface area (Å²) in [6, 6.07) is 5.45. The quantitative estimate of drug-likeness (QED) is 0.907. The van der Waals surface area contributed by atoms with Gasteiger partial charge in [0.05, 0.1) is 0 Å². The Morgan fingerprint density at radius 1 is 1.47 bits per heavy atom. The van der Waals surface area contributed by atoms with Crippen molar-refractivity contribution in [2.24, 2.45) is 5.73 Å². The van der Waals surface area contributed by atoms with E-state index >= 15 is 0 Å². The lowest BCUT2D eigenvalue weighted by atomic mass is 10.0. The fourth-order valence-electron chi connectivity index (χ4n) is 2.99. The Kier molecular flexibility index (Phi) is 4.42. The smallest absolute Gasteiger partial charge is 0.130 e. The molecular formula is C15H24FN3. The average Bonchev–Trinajstić information content (AvgIpc) is 2.75. The zero-order valence-corrected chi connectivity index (χ0v) is 12.1. The van der Waals surface area contributed by atoms with Crippen molar-refractivity contribution in [2.45, 2.75) is 31.8 Å². The Morgan fingerprint density at radius 3 is 2.84 bits per heavy atom. The van der Waals surface area contributed by atoms with Crippen molar-refractivity contribution in [3.63, 3.8) is 0 Å². The zero-order valence-electron chi connectivity index (χ0n) is 12.1. The standard InChI is InChI=1S/C15H24FN3/c1-11(17)15-13(16)7-4-8-14(15)19-9-5-6-12(19)10-18(2)3/h4,7-8,11-12H,5-6,9-10,17H2,1-3H3. The van der Waals surface area contributed by atoms with Gasteiger partial charge in [-0.1, -0.05) is 6.07 Å². The number of rotatable bonds is 4. The van der Waals surface area contributed by atoms with Gasteiger partial charge in [0, 0.05) is 36.4 Å². The molecule has 0 radical (unpaired) electrons. The molecule has 2 N–H and O–H groups in total. The molecule has 0 amide bonds. The molecule has 0 aromatic heterocycles. The highest BCUT2D eigenvalue weighted by Gasteiger charge is 2.28. The summed E-state index contributed by atoms with van der Waals surface area (Å²) in [5.74, 6) is -0.192. The highest BCUT2D eigenvalue weighted by molar-refractivity contribution is 5.57. The Hall–Kier alpha value is -1.13. The molecule has 2 rings (SSSR count). The van der Waals surface area contributed by atoms with E-state index in [1.165, 1.54) is 6.07 Å². The van der Waals surface area contributed by atoms with Crippen LogP contribution in [0.3, 0.4) is 0 Å². The summed E-state index contributed by atoms with van der Waals surface area (Å²) >= 11 is 0. The van der Waals surface area contributed by atoms with Crippen LogP contribution in [0.15, 0.2) is 18.2 Å². The van der Waals surface area contributed by atoms with Gasteiger partial charge in [-0.15, -0.1) is 0 Å². The van der Waals surface area contributed by atoms with E-state index in [2.05, 4.69) is 23.9 Å². The van der Waals surface area contributed by atoms with Gasteiger partial charge < -0.3 is 15.5 Å². The van der Waals surface area contributed by atoms with Gasteiger partial charge >= 0.3 is 0 Å². The minimum Gasteiger partial charge on any atom is -0.367 e. The maximum Gasteiger partial charge on any atom is 0.130 e. The summed E-state index contributed by atoms with van der Waals surface area (Å²) < 4.78 is 14.0. The number of hydrogen-bond acceptors (Lipinski definition) is 3. The molecule has 1 aromatic rings. The van der Waals surface area contributed by atoms with E-state index in [0.717, 1.165) is 31.6 Å². The molecule has 0 aliphatic carbocycles. The third-order valence-corrected chi connectivity index (χ3v) is 3.75. The molecule has 3 nitrogen and oxygen atoms in total. The van der Waals surface area contributed by atoms with Crippen LogP contribution in [-0.4, -0.2) is 38.1 Å². The average molecular weight is 265 g/mol.